The van der Waals surface area contributed by atoms with Crippen LogP contribution in [0.4, 0.5) is 11.4 Å². The number of hydrogen-bond acceptors (Lipinski definition) is 7. The Morgan fingerprint density at radius 3 is 2.70 bits per heavy atom. The fourth-order valence-corrected chi connectivity index (χ4v) is 3.14. The van der Waals surface area contributed by atoms with Crippen LogP contribution in [0.25, 0.3) is 0 Å². The van der Waals surface area contributed by atoms with Gasteiger partial charge in [0.25, 0.3) is 11.6 Å². The first kappa shape index (κ1) is 18.4. The fraction of sp³-hybridized carbons (Fsp3) is 0.118. The molecule has 138 valence electrons. The van der Waals surface area contributed by atoms with Gasteiger partial charge in [-0.1, -0.05) is 6.07 Å². The molecule has 10 heteroatoms. The largest absolute Gasteiger partial charge is 0.506 e. The molecule has 0 aliphatic carbocycles. The quantitative estimate of drug-likeness (QED) is 0.393. The van der Waals surface area contributed by atoms with Gasteiger partial charge >= 0.3 is 0 Å². The Labute approximate surface area is 158 Å². The molecule has 3 aromatic rings. The van der Waals surface area contributed by atoms with Gasteiger partial charge in [0, 0.05) is 18.7 Å². The molecule has 1 aromatic heterocycles. The summed E-state index contributed by atoms with van der Waals surface area (Å²) in [7, 11) is 1.73. The number of aromatic nitrogens is 3. The van der Waals surface area contributed by atoms with Crippen molar-refractivity contribution in [2.45, 2.75) is 17.0 Å². The van der Waals surface area contributed by atoms with Gasteiger partial charge in [-0.15, -0.1) is 10.2 Å². The smallest absolute Gasteiger partial charge is 0.284 e. The summed E-state index contributed by atoms with van der Waals surface area (Å²) in [6.07, 6.45) is 1.49. The second-order valence-electron chi connectivity index (χ2n) is 5.74. The second-order valence-corrected chi connectivity index (χ2v) is 6.75. The molecule has 0 unspecified atom stereocenters. The monoisotopic (exact) mass is 385 g/mol. The number of carbonyl (C=O) groups excluding carboxylic acids is 1. The Morgan fingerprint density at radius 2 is 2.07 bits per heavy atom. The molecule has 0 spiro atoms. The third kappa shape index (κ3) is 4.06. The van der Waals surface area contributed by atoms with Gasteiger partial charge in [-0.05, 0) is 48.5 Å². The van der Waals surface area contributed by atoms with Gasteiger partial charge in [0.2, 0.25) is 0 Å². The molecule has 0 saturated heterocycles. The number of nitrogens with one attached hydrogen (secondary N) is 1. The summed E-state index contributed by atoms with van der Waals surface area (Å²) in [5.74, 6) is -0.639. The van der Waals surface area contributed by atoms with E-state index in [-0.39, 0.29) is 22.7 Å². The highest BCUT2D eigenvalue weighted by molar-refractivity contribution is 7.99. The summed E-state index contributed by atoms with van der Waals surface area (Å²) in [4.78, 5) is 23.6. The van der Waals surface area contributed by atoms with Crippen LogP contribution in [-0.2, 0) is 7.05 Å². The number of aryl methyl sites for hydroxylation is 2. The van der Waals surface area contributed by atoms with E-state index in [1.807, 2.05) is 6.92 Å². The number of nitro benzene ring substituents is 1. The summed E-state index contributed by atoms with van der Waals surface area (Å²) >= 11 is 1.08. The predicted molar refractivity (Wildman–Crippen MR) is 99.0 cm³/mol. The molecule has 0 fully saturated rings. The maximum atomic E-state index is 12.4. The lowest BCUT2D eigenvalue weighted by atomic mass is 10.1. The first-order chi connectivity index (χ1) is 12.8. The third-order valence-electron chi connectivity index (χ3n) is 3.69. The Balaban J connectivity index is 1.88. The van der Waals surface area contributed by atoms with Crippen molar-refractivity contribution in [2.75, 3.05) is 5.32 Å². The highest BCUT2D eigenvalue weighted by Gasteiger charge is 2.20. The van der Waals surface area contributed by atoms with E-state index in [1.54, 1.807) is 23.7 Å². The lowest BCUT2D eigenvalue weighted by Crippen LogP contribution is -2.12. The van der Waals surface area contributed by atoms with Gasteiger partial charge in [-0.25, -0.2) is 0 Å². The SMILES string of the molecule is Cc1ccc(NC(=O)c2ccc(Sc3nncn3C)c([N+](=O)[O-])c2)c(O)c1. The Bertz CT molecular complexity index is 1030. The van der Waals surface area contributed by atoms with Crippen molar-refractivity contribution in [3.05, 3.63) is 64.0 Å². The number of benzene rings is 2. The van der Waals surface area contributed by atoms with Crippen molar-refractivity contribution in [2.24, 2.45) is 7.05 Å². The van der Waals surface area contributed by atoms with E-state index < -0.39 is 10.8 Å². The zero-order valence-electron chi connectivity index (χ0n) is 14.4. The van der Waals surface area contributed by atoms with Crippen LogP contribution in [0.3, 0.4) is 0 Å². The van der Waals surface area contributed by atoms with Crippen molar-refractivity contribution in [1.29, 1.82) is 0 Å². The number of aromatic hydroxyl groups is 1. The van der Waals surface area contributed by atoms with E-state index in [0.717, 1.165) is 17.3 Å². The van der Waals surface area contributed by atoms with E-state index in [9.17, 15) is 20.0 Å². The van der Waals surface area contributed by atoms with Crippen molar-refractivity contribution in [3.8, 4) is 5.75 Å². The number of carbonyl (C=O) groups is 1. The van der Waals surface area contributed by atoms with Crippen molar-refractivity contribution in [1.82, 2.24) is 14.8 Å². The summed E-state index contributed by atoms with van der Waals surface area (Å²) in [6.45, 7) is 1.81. The van der Waals surface area contributed by atoms with Gasteiger partial charge < -0.3 is 15.0 Å². The summed E-state index contributed by atoms with van der Waals surface area (Å²) in [5.41, 5.74) is 0.949. The van der Waals surface area contributed by atoms with Crippen molar-refractivity contribution < 1.29 is 14.8 Å². The molecular formula is C17H15N5O4S. The molecule has 0 saturated carbocycles. The highest BCUT2D eigenvalue weighted by atomic mass is 32.2. The van der Waals surface area contributed by atoms with E-state index >= 15 is 0 Å². The Kier molecular flexibility index (Phi) is 5.08. The second kappa shape index (κ2) is 7.46. The molecule has 1 amide bonds. The van der Waals surface area contributed by atoms with Crippen LogP contribution < -0.4 is 5.32 Å². The molecular weight excluding hydrogens is 370 g/mol. The minimum atomic E-state index is -0.563. The van der Waals surface area contributed by atoms with E-state index in [2.05, 4.69) is 15.5 Å². The number of rotatable bonds is 5. The van der Waals surface area contributed by atoms with Crippen LogP contribution in [0, 0.1) is 17.0 Å². The maximum absolute atomic E-state index is 12.4. The predicted octanol–water partition coefficient (Wildman–Crippen LogP) is 3.14. The van der Waals surface area contributed by atoms with Crippen LogP contribution >= 0.6 is 11.8 Å². The molecule has 0 atom stereocenters. The number of amides is 1. The average molecular weight is 385 g/mol. The highest BCUT2D eigenvalue weighted by Crippen LogP contribution is 2.34. The molecule has 27 heavy (non-hydrogen) atoms. The molecule has 9 nitrogen and oxygen atoms in total. The molecule has 0 bridgehead atoms. The zero-order chi connectivity index (χ0) is 19.6. The fourth-order valence-electron chi connectivity index (χ4n) is 2.29. The van der Waals surface area contributed by atoms with Gasteiger partial charge in [-0.2, -0.15) is 0 Å². The van der Waals surface area contributed by atoms with Gasteiger partial charge in [0.05, 0.1) is 15.5 Å². The molecule has 0 aliphatic heterocycles. The van der Waals surface area contributed by atoms with Crippen LogP contribution in [0.1, 0.15) is 15.9 Å². The Hall–Kier alpha value is -3.40. The van der Waals surface area contributed by atoms with Crippen LogP contribution in [0.15, 0.2) is 52.8 Å². The van der Waals surface area contributed by atoms with Crippen LogP contribution in [0.5, 0.6) is 5.75 Å². The molecule has 0 radical (unpaired) electrons. The maximum Gasteiger partial charge on any atom is 0.284 e. The van der Waals surface area contributed by atoms with Crippen LogP contribution in [0.2, 0.25) is 0 Å². The molecule has 2 N–H and O–H groups in total. The summed E-state index contributed by atoms with van der Waals surface area (Å²) in [5, 5.41) is 32.0. The summed E-state index contributed by atoms with van der Waals surface area (Å²) in [6, 6.07) is 8.97. The van der Waals surface area contributed by atoms with E-state index in [4.69, 9.17) is 0 Å². The van der Waals surface area contributed by atoms with Crippen molar-refractivity contribution in [3.63, 3.8) is 0 Å². The number of hydrogen-bond donors (Lipinski definition) is 2. The topological polar surface area (TPSA) is 123 Å². The number of phenolic OH excluding ortho intramolecular Hbond substituents is 1. The minimum Gasteiger partial charge on any atom is -0.506 e. The first-order valence-corrected chi connectivity index (χ1v) is 8.58. The van der Waals surface area contributed by atoms with Gasteiger partial charge in [-0.3, -0.25) is 14.9 Å². The van der Waals surface area contributed by atoms with Gasteiger partial charge in [0.15, 0.2) is 5.16 Å². The van der Waals surface area contributed by atoms with E-state index in [0.29, 0.717) is 10.1 Å². The number of phenols is 1. The summed E-state index contributed by atoms with van der Waals surface area (Å²) < 4.78 is 1.63. The first-order valence-electron chi connectivity index (χ1n) is 7.76. The van der Waals surface area contributed by atoms with E-state index in [1.165, 1.54) is 30.6 Å². The minimum absolute atomic E-state index is 0.0766. The Morgan fingerprint density at radius 1 is 1.30 bits per heavy atom. The molecule has 2 aromatic carbocycles. The molecule has 1 heterocycles. The van der Waals surface area contributed by atoms with Gasteiger partial charge in [0.1, 0.15) is 12.1 Å². The average Bonchev–Trinajstić information content (AvgIpc) is 3.02. The standard InChI is InChI=1S/C17H15N5O4S/c1-10-3-5-12(14(23)7-10)19-16(24)11-4-6-15(13(8-11)22(25)26)27-17-20-18-9-21(17)2/h3-9,23H,1-2H3,(H,19,24). The molecule has 0 aliphatic rings. The molecule has 3 rings (SSSR count). The third-order valence-corrected chi connectivity index (χ3v) is 4.81. The zero-order valence-corrected chi connectivity index (χ0v) is 15.2. The number of nitro groups is 1. The lowest BCUT2D eigenvalue weighted by molar-refractivity contribution is -0.387. The lowest BCUT2D eigenvalue weighted by Gasteiger charge is -2.09. The van der Waals surface area contributed by atoms with Crippen molar-refractivity contribution >= 4 is 29.0 Å². The number of nitrogens with zero attached hydrogens (tertiary/aromatic N) is 4. The number of anilines is 1. The van der Waals surface area contributed by atoms with Crippen LogP contribution in [-0.4, -0.2) is 30.7 Å². The normalized spacial score (nSPS) is 10.6.